The molecule has 1 aliphatic carbocycles. The van der Waals surface area contributed by atoms with E-state index < -0.39 is 0 Å². The van der Waals surface area contributed by atoms with Gasteiger partial charge in [-0.2, -0.15) is 0 Å². The molecule has 88 valence electrons. The molecular weight excluding hydrogens is 199 g/mol. The summed E-state index contributed by atoms with van der Waals surface area (Å²) < 4.78 is 0. The van der Waals surface area contributed by atoms with Crippen LogP contribution in [0.3, 0.4) is 0 Å². The van der Waals surface area contributed by atoms with Crippen molar-refractivity contribution in [1.82, 2.24) is 0 Å². The summed E-state index contributed by atoms with van der Waals surface area (Å²) >= 11 is 0. The molecular formula is C14H27P. The molecule has 0 nitrogen and oxygen atoms in total. The fourth-order valence-electron chi connectivity index (χ4n) is 3.60. The van der Waals surface area contributed by atoms with Gasteiger partial charge in [-0.25, -0.2) is 0 Å². The van der Waals surface area contributed by atoms with Gasteiger partial charge in [-0.05, 0) is 42.2 Å². The largest absolute Gasteiger partial charge is 0.104 e. The quantitative estimate of drug-likeness (QED) is 0.611. The second-order valence-corrected chi connectivity index (χ2v) is 8.67. The molecule has 0 aromatic rings. The highest BCUT2D eigenvalue weighted by Crippen LogP contribution is 2.56. The lowest BCUT2D eigenvalue weighted by molar-refractivity contribution is 0.181. The second kappa shape index (κ2) is 5.17. The molecule has 2 rings (SSSR count). The van der Waals surface area contributed by atoms with E-state index in [1.54, 1.807) is 25.4 Å². The first kappa shape index (κ1) is 11.9. The summed E-state index contributed by atoms with van der Waals surface area (Å²) in [5.74, 6) is 3.34. The standard InChI is InChI=1S/C14H27P/c1-4-12-9-14(13-7-6-8-13)10-15(5-2)11(12)3/h11-14H,4-10H2,1-3H3. The summed E-state index contributed by atoms with van der Waals surface area (Å²) in [6, 6.07) is 0. The molecule has 2 aliphatic rings. The van der Waals surface area contributed by atoms with E-state index in [1.165, 1.54) is 19.0 Å². The molecule has 1 saturated heterocycles. The Morgan fingerprint density at radius 3 is 2.33 bits per heavy atom. The predicted octanol–water partition coefficient (Wildman–Crippen LogP) is 4.72. The smallest absolute Gasteiger partial charge is 0.0209 e. The van der Waals surface area contributed by atoms with Crippen molar-refractivity contribution in [2.45, 2.75) is 58.5 Å². The maximum absolute atomic E-state index is 2.54. The van der Waals surface area contributed by atoms with Gasteiger partial charge in [-0.3, -0.25) is 0 Å². The van der Waals surface area contributed by atoms with E-state index in [-0.39, 0.29) is 0 Å². The van der Waals surface area contributed by atoms with Crippen LogP contribution in [-0.4, -0.2) is 18.0 Å². The minimum Gasteiger partial charge on any atom is -0.104 e. The molecule has 1 heteroatoms. The van der Waals surface area contributed by atoms with Crippen molar-refractivity contribution < 1.29 is 0 Å². The van der Waals surface area contributed by atoms with Crippen LogP contribution in [-0.2, 0) is 0 Å². The van der Waals surface area contributed by atoms with E-state index in [0.29, 0.717) is 7.92 Å². The van der Waals surface area contributed by atoms with Crippen LogP contribution in [0, 0.1) is 17.8 Å². The lowest BCUT2D eigenvalue weighted by Gasteiger charge is -2.45. The van der Waals surface area contributed by atoms with Crippen LogP contribution in [0.1, 0.15) is 52.9 Å². The summed E-state index contributed by atoms with van der Waals surface area (Å²) in [4.78, 5) is 0. The van der Waals surface area contributed by atoms with Crippen LogP contribution < -0.4 is 0 Å². The van der Waals surface area contributed by atoms with E-state index in [4.69, 9.17) is 0 Å². The highest BCUT2D eigenvalue weighted by Gasteiger charge is 2.37. The number of rotatable bonds is 3. The fraction of sp³-hybridized carbons (Fsp3) is 1.00. The Labute approximate surface area is 97.0 Å². The van der Waals surface area contributed by atoms with E-state index in [9.17, 15) is 0 Å². The van der Waals surface area contributed by atoms with Crippen LogP contribution in [0.4, 0.5) is 0 Å². The third-order valence-electron chi connectivity index (χ3n) is 5.08. The Kier molecular flexibility index (Phi) is 4.10. The highest BCUT2D eigenvalue weighted by molar-refractivity contribution is 7.58. The highest BCUT2D eigenvalue weighted by atomic mass is 31.1. The van der Waals surface area contributed by atoms with Gasteiger partial charge >= 0.3 is 0 Å². The molecule has 1 heterocycles. The van der Waals surface area contributed by atoms with Crippen molar-refractivity contribution in [3.8, 4) is 0 Å². The maximum atomic E-state index is 2.54. The van der Waals surface area contributed by atoms with Crippen molar-refractivity contribution in [1.29, 1.82) is 0 Å². The third kappa shape index (κ3) is 2.41. The van der Waals surface area contributed by atoms with Gasteiger partial charge in [-0.15, -0.1) is 7.92 Å². The van der Waals surface area contributed by atoms with Crippen molar-refractivity contribution in [3.05, 3.63) is 0 Å². The molecule has 4 unspecified atom stereocenters. The first-order valence-electron chi connectivity index (χ1n) is 7.00. The Hall–Kier alpha value is 0.430. The minimum absolute atomic E-state index is 0.381. The van der Waals surface area contributed by atoms with Gasteiger partial charge in [-0.1, -0.05) is 46.5 Å². The Bertz CT molecular complexity index is 184. The molecule has 0 radical (unpaired) electrons. The topological polar surface area (TPSA) is 0 Å². The first-order valence-corrected chi connectivity index (χ1v) is 8.78. The summed E-state index contributed by atoms with van der Waals surface area (Å²) in [6.07, 6.45) is 10.7. The lowest BCUT2D eigenvalue weighted by Crippen LogP contribution is -2.34. The first-order chi connectivity index (χ1) is 7.26. The van der Waals surface area contributed by atoms with Gasteiger partial charge in [0.1, 0.15) is 0 Å². The van der Waals surface area contributed by atoms with Gasteiger partial charge in [0, 0.05) is 0 Å². The zero-order valence-electron chi connectivity index (χ0n) is 10.7. The molecule has 1 aliphatic heterocycles. The maximum Gasteiger partial charge on any atom is -0.0209 e. The monoisotopic (exact) mass is 226 g/mol. The van der Waals surface area contributed by atoms with E-state index in [2.05, 4.69) is 20.8 Å². The zero-order valence-corrected chi connectivity index (χ0v) is 11.6. The average Bonchev–Trinajstić information content (AvgIpc) is 2.17. The van der Waals surface area contributed by atoms with Crippen molar-refractivity contribution in [2.24, 2.45) is 17.8 Å². The summed E-state index contributed by atoms with van der Waals surface area (Å²) in [5, 5.41) is 0. The summed E-state index contributed by atoms with van der Waals surface area (Å²) in [6.45, 7) is 7.38. The SMILES string of the molecule is CCC1CC(C2CCC2)CP(CC)C1C. The van der Waals surface area contributed by atoms with Gasteiger partial charge in [0.15, 0.2) is 0 Å². The summed E-state index contributed by atoms with van der Waals surface area (Å²) in [5.41, 5.74) is 1.06. The Morgan fingerprint density at radius 1 is 1.13 bits per heavy atom. The van der Waals surface area contributed by atoms with E-state index in [1.807, 2.05) is 0 Å². The summed E-state index contributed by atoms with van der Waals surface area (Å²) in [7, 11) is 0.381. The number of hydrogen-bond acceptors (Lipinski definition) is 0. The zero-order chi connectivity index (χ0) is 10.8. The van der Waals surface area contributed by atoms with Gasteiger partial charge in [0.25, 0.3) is 0 Å². The molecule has 0 bridgehead atoms. The number of hydrogen-bond donors (Lipinski definition) is 0. The Morgan fingerprint density at radius 2 is 1.87 bits per heavy atom. The third-order valence-corrected chi connectivity index (χ3v) is 8.40. The van der Waals surface area contributed by atoms with Crippen LogP contribution in [0.2, 0.25) is 0 Å². The van der Waals surface area contributed by atoms with Crippen LogP contribution in [0.5, 0.6) is 0 Å². The fourth-order valence-corrected chi connectivity index (χ4v) is 6.75. The van der Waals surface area contributed by atoms with Crippen LogP contribution in [0.25, 0.3) is 0 Å². The molecule has 0 amide bonds. The van der Waals surface area contributed by atoms with E-state index in [0.717, 1.165) is 23.4 Å². The van der Waals surface area contributed by atoms with Crippen LogP contribution in [0.15, 0.2) is 0 Å². The predicted molar refractivity (Wildman–Crippen MR) is 71.0 cm³/mol. The molecule has 2 fully saturated rings. The molecule has 4 atom stereocenters. The van der Waals surface area contributed by atoms with Crippen molar-refractivity contribution in [3.63, 3.8) is 0 Å². The van der Waals surface area contributed by atoms with Gasteiger partial charge in [0.05, 0.1) is 0 Å². The van der Waals surface area contributed by atoms with Crippen LogP contribution >= 0.6 is 7.92 Å². The molecule has 0 aromatic heterocycles. The molecule has 0 spiro atoms. The van der Waals surface area contributed by atoms with Gasteiger partial charge < -0.3 is 0 Å². The van der Waals surface area contributed by atoms with Crippen molar-refractivity contribution in [2.75, 3.05) is 12.3 Å². The molecule has 1 saturated carbocycles. The molecule has 0 N–H and O–H groups in total. The average molecular weight is 226 g/mol. The second-order valence-electron chi connectivity index (χ2n) is 5.68. The minimum atomic E-state index is 0.381. The normalized spacial score (nSPS) is 42.6. The Balaban J connectivity index is 1.97. The van der Waals surface area contributed by atoms with Gasteiger partial charge in [0.2, 0.25) is 0 Å². The molecule has 15 heavy (non-hydrogen) atoms. The van der Waals surface area contributed by atoms with Crippen molar-refractivity contribution >= 4 is 7.92 Å². The molecule has 0 aromatic carbocycles. The lowest BCUT2D eigenvalue weighted by atomic mass is 9.72. The van der Waals surface area contributed by atoms with E-state index >= 15 is 0 Å².